The molecular weight excluding hydrogens is 212 g/mol. The van der Waals surface area contributed by atoms with Crippen molar-refractivity contribution >= 4 is 5.97 Å². The van der Waals surface area contributed by atoms with Crippen LogP contribution in [0.3, 0.4) is 0 Å². The third-order valence-electron chi connectivity index (χ3n) is 3.06. The lowest BCUT2D eigenvalue weighted by molar-refractivity contribution is -0.139. The highest BCUT2D eigenvalue weighted by atomic mass is 16.5. The predicted octanol–water partition coefficient (Wildman–Crippen LogP) is 4.49. The number of hydrogen-bond donors (Lipinski definition) is 0. The van der Waals surface area contributed by atoms with Gasteiger partial charge in [0, 0.05) is 6.08 Å². The molecule has 100 valence electrons. The monoisotopic (exact) mass is 240 g/mol. The molecule has 0 aliphatic rings. The van der Waals surface area contributed by atoms with E-state index in [9.17, 15) is 4.79 Å². The van der Waals surface area contributed by atoms with E-state index in [1.807, 2.05) is 0 Å². The van der Waals surface area contributed by atoms with Gasteiger partial charge < -0.3 is 4.74 Å². The van der Waals surface area contributed by atoms with Gasteiger partial charge in [0.05, 0.1) is 6.61 Å². The lowest BCUT2D eigenvalue weighted by Gasteiger charge is -2.16. The summed E-state index contributed by atoms with van der Waals surface area (Å²) < 4.78 is 5.16. The molecule has 0 rings (SSSR count). The van der Waals surface area contributed by atoms with Crippen molar-refractivity contribution in [3.63, 3.8) is 0 Å². The van der Waals surface area contributed by atoms with Gasteiger partial charge >= 0.3 is 5.97 Å². The third-order valence-corrected chi connectivity index (χ3v) is 3.06. The number of hydrogen-bond acceptors (Lipinski definition) is 2. The standard InChI is InChI=1S/C15H28O2/c1-4-7-9-11-14(12-10-8-5-2)13-17-15(16)6-3/h6,14H,3-5,7-13H2,1-2H3. The van der Waals surface area contributed by atoms with Crippen molar-refractivity contribution in [1.82, 2.24) is 0 Å². The molecule has 0 heterocycles. The fourth-order valence-electron chi connectivity index (χ4n) is 1.94. The van der Waals surface area contributed by atoms with Crippen LogP contribution >= 0.6 is 0 Å². The minimum atomic E-state index is -0.291. The molecule has 0 amide bonds. The number of rotatable bonds is 11. The van der Waals surface area contributed by atoms with Gasteiger partial charge in [-0.2, -0.15) is 0 Å². The van der Waals surface area contributed by atoms with Crippen LogP contribution in [0.25, 0.3) is 0 Å². The maximum atomic E-state index is 11.0. The zero-order valence-electron chi connectivity index (χ0n) is 11.5. The maximum Gasteiger partial charge on any atom is 0.330 e. The topological polar surface area (TPSA) is 26.3 Å². The highest BCUT2D eigenvalue weighted by Gasteiger charge is 2.10. The summed E-state index contributed by atoms with van der Waals surface area (Å²) in [7, 11) is 0. The van der Waals surface area contributed by atoms with E-state index in [4.69, 9.17) is 4.74 Å². The first-order valence-electron chi connectivity index (χ1n) is 7.03. The molecule has 0 unspecified atom stereocenters. The summed E-state index contributed by atoms with van der Waals surface area (Å²) in [6.07, 6.45) is 11.2. The smallest absolute Gasteiger partial charge is 0.330 e. The Balaban J connectivity index is 3.82. The first-order valence-corrected chi connectivity index (χ1v) is 7.03. The molecule has 0 aliphatic heterocycles. The summed E-state index contributed by atoms with van der Waals surface area (Å²) in [6, 6.07) is 0. The average Bonchev–Trinajstić information content (AvgIpc) is 2.35. The number of carbonyl (C=O) groups is 1. The molecule has 0 bridgehead atoms. The Morgan fingerprint density at radius 1 is 1.12 bits per heavy atom. The van der Waals surface area contributed by atoms with E-state index in [2.05, 4.69) is 20.4 Å². The summed E-state index contributed by atoms with van der Waals surface area (Å²) in [6.45, 7) is 8.41. The molecule has 2 nitrogen and oxygen atoms in total. The molecule has 0 atom stereocenters. The molecular formula is C15H28O2. The first kappa shape index (κ1) is 16.2. The summed E-state index contributed by atoms with van der Waals surface area (Å²) in [5, 5.41) is 0. The number of unbranched alkanes of at least 4 members (excludes halogenated alkanes) is 4. The average molecular weight is 240 g/mol. The van der Waals surface area contributed by atoms with Gasteiger partial charge in [0.25, 0.3) is 0 Å². The largest absolute Gasteiger partial charge is 0.462 e. The number of esters is 1. The van der Waals surface area contributed by atoms with Crippen molar-refractivity contribution in [1.29, 1.82) is 0 Å². The van der Waals surface area contributed by atoms with E-state index < -0.39 is 0 Å². The van der Waals surface area contributed by atoms with Crippen LogP contribution in [0.1, 0.15) is 65.2 Å². The Hall–Kier alpha value is -0.790. The number of ether oxygens (including phenoxy) is 1. The zero-order chi connectivity index (χ0) is 12.9. The van der Waals surface area contributed by atoms with Crippen LogP contribution in [0.5, 0.6) is 0 Å². The lowest BCUT2D eigenvalue weighted by atomic mass is 9.96. The van der Waals surface area contributed by atoms with Crippen molar-refractivity contribution in [2.75, 3.05) is 6.61 Å². The van der Waals surface area contributed by atoms with Crippen molar-refractivity contribution in [3.05, 3.63) is 12.7 Å². The fraction of sp³-hybridized carbons (Fsp3) is 0.800. The Morgan fingerprint density at radius 3 is 2.06 bits per heavy atom. The highest BCUT2D eigenvalue weighted by Crippen LogP contribution is 2.18. The van der Waals surface area contributed by atoms with E-state index in [-0.39, 0.29) is 5.97 Å². The Labute approximate surface area is 106 Å². The van der Waals surface area contributed by atoms with E-state index in [1.165, 1.54) is 57.4 Å². The van der Waals surface area contributed by atoms with Gasteiger partial charge in [-0.3, -0.25) is 0 Å². The van der Waals surface area contributed by atoms with Crippen LogP contribution in [-0.4, -0.2) is 12.6 Å². The Morgan fingerprint density at radius 2 is 1.65 bits per heavy atom. The van der Waals surface area contributed by atoms with E-state index in [1.54, 1.807) is 0 Å². The molecule has 17 heavy (non-hydrogen) atoms. The zero-order valence-corrected chi connectivity index (χ0v) is 11.5. The van der Waals surface area contributed by atoms with Gasteiger partial charge in [0.2, 0.25) is 0 Å². The highest BCUT2D eigenvalue weighted by molar-refractivity contribution is 5.81. The van der Waals surface area contributed by atoms with Crippen LogP contribution in [0.2, 0.25) is 0 Å². The second-order valence-corrected chi connectivity index (χ2v) is 4.69. The van der Waals surface area contributed by atoms with Gasteiger partial charge in [0.15, 0.2) is 0 Å². The van der Waals surface area contributed by atoms with Gasteiger partial charge in [-0.05, 0) is 18.8 Å². The Bertz CT molecular complexity index is 189. The molecule has 0 saturated heterocycles. The van der Waals surface area contributed by atoms with Crippen molar-refractivity contribution in [2.24, 2.45) is 5.92 Å². The van der Waals surface area contributed by atoms with Crippen LogP contribution in [0.15, 0.2) is 12.7 Å². The van der Waals surface area contributed by atoms with Crippen LogP contribution < -0.4 is 0 Å². The van der Waals surface area contributed by atoms with E-state index >= 15 is 0 Å². The predicted molar refractivity (Wildman–Crippen MR) is 72.9 cm³/mol. The van der Waals surface area contributed by atoms with Crippen molar-refractivity contribution in [3.8, 4) is 0 Å². The molecule has 0 aliphatic carbocycles. The van der Waals surface area contributed by atoms with E-state index in [0.29, 0.717) is 12.5 Å². The van der Waals surface area contributed by atoms with Crippen LogP contribution in [-0.2, 0) is 9.53 Å². The molecule has 0 radical (unpaired) electrons. The first-order chi connectivity index (χ1) is 8.24. The van der Waals surface area contributed by atoms with Crippen molar-refractivity contribution in [2.45, 2.75) is 65.2 Å². The third kappa shape index (κ3) is 10.1. The number of carbonyl (C=O) groups excluding carboxylic acids is 1. The normalized spacial score (nSPS) is 10.5. The minimum absolute atomic E-state index is 0.291. The molecule has 0 spiro atoms. The SMILES string of the molecule is C=CC(=O)OCC(CCCCC)CCCCC. The summed E-state index contributed by atoms with van der Waals surface area (Å²) in [5.41, 5.74) is 0. The lowest BCUT2D eigenvalue weighted by Crippen LogP contribution is -2.13. The summed E-state index contributed by atoms with van der Waals surface area (Å²) in [5.74, 6) is 0.248. The van der Waals surface area contributed by atoms with Crippen LogP contribution in [0, 0.1) is 5.92 Å². The molecule has 0 fully saturated rings. The van der Waals surface area contributed by atoms with Gasteiger partial charge in [-0.15, -0.1) is 0 Å². The quantitative estimate of drug-likeness (QED) is 0.302. The van der Waals surface area contributed by atoms with Crippen molar-refractivity contribution < 1.29 is 9.53 Å². The van der Waals surface area contributed by atoms with E-state index in [0.717, 1.165) is 0 Å². The summed E-state index contributed by atoms with van der Waals surface area (Å²) >= 11 is 0. The second-order valence-electron chi connectivity index (χ2n) is 4.69. The Kier molecular flexibility index (Phi) is 11.1. The molecule has 0 aromatic rings. The molecule has 0 saturated carbocycles. The minimum Gasteiger partial charge on any atom is -0.462 e. The molecule has 0 aromatic carbocycles. The molecule has 2 heteroatoms. The van der Waals surface area contributed by atoms with Crippen LogP contribution in [0.4, 0.5) is 0 Å². The molecule has 0 aromatic heterocycles. The van der Waals surface area contributed by atoms with Gasteiger partial charge in [-0.25, -0.2) is 4.79 Å². The molecule has 0 N–H and O–H groups in total. The maximum absolute atomic E-state index is 11.0. The fourth-order valence-corrected chi connectivity index (χ4v) is 1.94. The van der Waals surface area contributed by atoms with Gasteiger partial charge in [-0.1, -0.05) is 59.0 Å². The second kappa shape index (κ2) is 11.7. The summed E-state index contributed by atoms with van der Waals surface area (Å²) in [4.78, 5) is 11.0. The van der Waals surface area contributed by atoms with Gasteiger partial charge in [0.1, 0.15) is 0 Å².